The summed E-state index contributed by atoms with van der Waals surface area (Å²) in [6.45, 7) is 11.9. The lowest BCUT2D eigenvalue weighted by Crippen LogP contribution is -2.17. The highest BCUT2D eigenvalue weighted by molar-refractivity contribution is 7.16. The molecule has 0 unspecified atom stereocenters. The molecule has 0 aliphatic carbocycles. The van der Waals surface area contributed by atoms with Crippen LogP contribution >= 0.6 is 11.3 Å². The van der Waals surface area contributed by atoms with Crippen LogP contribution in [0.4, 0.5) is 0 Å². The van der Waals surface area contributed by atoms with Gasteiger partial charge in [0.2, 0.25) is 0 Å². The summed E-state index contributed by atoms with van der Waals surface area (Å²) >= 11 is 1.46. The zero-order chi connectivity index (χ0) is 20.6. The molecule has 6 heteroatoms. The molecule has 0 saturated carbocycles. The van der Waals surface area contributed by atoms with Gasteiger partial charge in [0.05, 0.1) is 10.2 Å². The minimum absolute atomic E-state index is 0.0421. The highest BCUT2D eigenvalue weighted by atomic mass is 32.1. The van der Waals surface area contributed by atoms with Crippen molar-refractivity contribution >= 4 is 27.5 Å². The number of amides is 1. The van der Waals surface area contributed by atoms with E-state index in [0.717, 1.165) is 21.7 Å². The van der Waals surface area contributed by atoms with E-state index in [1.165, 1.54) is 16.9 Å². The van der Waals surface area contributed by atoms with Gasteiger partial charge in [-0.3, -0.25) is 4.79 Å². The summed E-state index contributed by atoms with van der Waals surface area (Å²) in [4.78, 5) is 17.9. The highest BCUT2D eigenvalue weighted by Gasteiger charge is 2.17. The van der Waals surface area contributed by atoms with Gasteiger partial charge in [-0.2, -0.15) is 4.99 Å². The van der Waals surface area contributed by atoms with E-state index in [1.807, 2.05) is 41.0 Å². The molecule has 1 aromatic heterocycles. The second-order valence-corrected chi connectivity index (χ2v) is 9.00. The van der Waals surface area contributed by atoms with Crippen LogP contribution in [-0.4, -0.2) is 23.7 Å². The zero-order valence-corrected chi connectivity index (χ0v) is 17.7. The molecule has 0 fully saturated rings. The van der Waals surface area contributed by atoms with Crippen molar-refractivity contribution in [2.24, 2.45) is 4.99 Å². The molecule has 0 saturated heterocycles. The first-order chi connectivity index (χ1) is 13.9. The quantitative estimate of drug-likeness (QED) is 0.591. The van der Waals surface area contributed by atoms with Crippen LogP contribution in [0.1, 0.15) is 36.7 Å². The molecule has 0 N–H and O–H groups in total. The van der Waals surface area contributed by atoms with Gasteiger partial charge in [0, 0.05) is 24.2 Å². The average molecular weight is 409 g/mol. The number of hydrogen-bond acceptors (Lipinski definition) is 4. The first kappa shape index (κ1) is 19.5. The van der Waals surface area contributed by atoms with Crippen molar-refractivity contribution in [1.29, 1.82) is 0 Å². The maximum Gasteiger partial charge on any atom is 0.279 e. The Morgan fingerprint density at radius 1 is 1.17 bits per heavy atom. The largest absolute Gasteiger partial charge is 0.486 e. The van der Waals surface area contributed by atoms with E-state index < -0.39 is 0 Å². The molecule has 1 aliphatic rings. The average Bonchev–Trinajstić information content (AvgIpc) is 3.02. The second kappa shape index (κ2) is 7.52. The number of allylic oxidation sites excluding steroid dienone is 1. The number of benzene rings is 2. The SMILES string of the molecule is C=CCn1c(=NC(=O)c2ccc(C(C)(C)C)cc2)sc2cc3c(cc21)OCCO3. The van der Waals surface area contributed by atoms with Crippen LogP contribution in [-0.2, 0) is 12.0 Å². The summed E-state index contributed by atoms with van der Waals surface area (Å²) in [6.07, 6.45) is 1.80. The van der Waals surface area contributed by atoms with Gasteiger partial charge in [0.15, 0.2) is 16.3 Å². The third kappa shape index (κ3) is 3.85. The predicted octanol–water partition coefficient (Wildman–Crippen LogP) is 4.70. The van der Waals surface area contributed by atoms with Crippen LogP contribution in [0, 0.1) is 0 Å². The molecule has 0 atom stereocenters. The molecule has 2 heterocycles. The molecule has 5 nitrogen and oxygen atoms in total. The summed E-state index contributed by atoms with van der Waals surface area (Å²) in [5, 5.41) is 0. The van der Waals surface area contributed by atoms with Gasteiger partial charge in [0.1, 0.15) is 13.2 Å². The number of fused-ring (bicyclic) bond motifs is 2. The fourth-order valence-electron chi connectivity index (χ4n) is 3.26. The summed E-state index contributed by atoms with van der Waals surface area (Å²) in [5.41, 5.74) is 2.75. The Morgan fingerprint density at radius 3 is 2.45 bits per heavy atom. The number of thiazole rings is 1. The summed E-state index contributed by atoms with van der Waals surface area (Å²) in [5.74, 6) is 1.19. The maximum absolute atomic E-state index is 12.8. The standard InChI is InChI=1S/C23H24N2O3S/c1-5-10-25-17-13-18-19(28-12-11-27-18)14-20(17)29-22(25)24-21(26)15-6-8-16(9-7-15)23(2,3)4/h5-9,13-14H,1,10-12H2,2-4H3. The van der Waals surface area contributed by atoms with Crippen molar-refractivity contribution in [2.45, 2.75) is 32.7 Å². The fraction of sp³-hybridized carbons (Fsp3) is 0.304. The lowest BCUT2D eigenvalue weighted by Gasteiger charge is -2.18. The topological polar surface area (TPSA) is 52.8 Å². The highest BCUT2D eigenvalue weighted by Crippen LogP contribution is 2.35. The van der Waals surface area contributed by atoms with E-state index in [1.54, 1.807) is 6.08 Å². The molecule has 150 valence electrons. The van der Waals surface area contributed by atoms with Crippen LogP contribution in [0.15, 0.2) is 54.0 Å². The Morgan fingerprint density at radius 2 is 1.83 bits per heavy atom. The lowest BCUT2D eigenvalue weighted by atomic mass is 9.87. The monoisotopic (exact) mass is 408 g/mol. The molecule has 1 aliphatic heterocycles. The molecule has 29 heavy (non-hydrogen) atoms. The van der Waals surface area contributed by atoms with E-state index in [4.69, 9.17) is 9.47 Å². The van der Waals surface area contributed by atoms with Gasteiger partial charge >= 0.3 is 0 Å². The van der Waals surface area contributed by atoms with Crippen LogP contribution in [0.5, 0.6) is 11.5 Å². The van der Waals surface area contributed by atoms with Gasteiger partial charge in [-0.1, -0.05) is 50.3 Å². The van der Waals surface area contributed by atoms with Gasteiger partial charge in [0.25, 0.3) is 5.91 Å². The molecule has 0 bridgehead atoms. The Kier molecular flexibility index (Phi) is 5.04. The smallest absolute Gasteiger partial charge is 0.279 e. The molecular formula is C23H24N2O3S. The van der Waals surface area contributed by atoms with Crippen LogP contribution in [0.25, 0.3) is 10.2 Å². The van der Waals surface area contributed by atoms with Gasteiger partial charge in [-0.15, -0.1) is 6.58 Å². The van der Waals surface area contributed by atoms with E-state index in [0.29, 0.717) is 30.1 Å². The first-order valence-electron chi connectivity index (χ1n) is 9.60. The van der Waals surface area contributed by atoms with Gasteiger partial charge in [-0.05, 0) is 23.1 Å². The Balaban J connectivity index is 1.77. The van der Waals surface area contributed by atoms with Crippen molar-refractivity contribution in [3.8, 4) is 11.5 Å². The molecular weight excluding hydrogens is 384 g/mol. The number of aromatic nitrogens is 1. The summed E-state index contributed by atoms with van der Waals surface area (Å²) < 4.78 is 14.4. The molecule has 0 spiro atoms. The van der Waals surface area contributed by atoms with Gasteiger partial charge < -0.3 is 14.0 Å². The lowest BCUT2D eigenvalue weighted by molar-refractivity contribution is 0.0998. The van der Waals surface area contributed by atoms with E-state index in [9.17, 15) is 4.79 Å². The van der Waals surface area contributed by atoms with Crippen molar-refractivity contribution in [2.75, 3.05) is 13.2 Å². The number of carbonyl (C=O) groups is 1. The molecule has 0 radical (unpaired) electrons. The van der Waals surface area contributed by atoms with Crippen molar-refractivity contribution in [3.63, 3.8) is 0 Å². The molecule has 2 aromatic carbocycles. The van der Waals surface area contributed by atoms with Crippen LogP contribution in [0.2, 0.25) is 0 Å². The fourth-order valence-corrected chi connectivity index (χ4v) is 4.31. The number of nitrogens with zero attached hydrogens (tertiary/aromatic N) is 2. The van der Waals surface area contributed by atoms with E-state index >= 15 is 0 Å². The normalized spacial score (nSPS) is 14.2. The summed E-state index contributed by atoms with van der Waals surface area (Å²) in [7, 11) is 0. The van der Waals surface area contributed by atoms with Crippen molar-refractivity contribution < 1.29 is 14.3 Å². The number of rotatable bonds is 3. The Labute approximate surface area is 173 Å². The van der Waals surface area contributed by atoms with E-state index in [2.05, 4.69) is 32.3 Å². The number of ether oxygens (including phenoxy) is 2. The summed E-state index contributed by atoms with van der Waals surface area (Å²) in [6, 6.07) is 11.6. The third-order valence-electron chi connectivity index (χ3n) is 4.85. The van der Waals surface area contributed by atoms with Crippen molar-refractivity contribution in [1.82, 2.24) is 4.57 Å². The Bertz CT molecular complexity index is 1150. The predicted molar refractivity (Wildman–Crippen MR) is 116 cm³/mol. The third-order valence-corrected chi connectivity index (χ3v) is 5.89. The van der Waals surface area contributed by atoms with Crippen molar-refractivity contribution in [3.05, 3.63) is 65.0 Å². The molecule has 3 aromatic rings. The zero-order valence-electron chi connectivity index (χ0n) is 16.9. The maximum atomic E-state index is 12.8. The minimum Gasteiger partial charge on any atom is -0.486 e. The Hall–Kier alpha value is -2.86. The molecule has 1 amide bonds. The molecule has 4 rings (SSSR count). The van der Waals surface area contributed by atoms with Crippen LogP contribution in [0.3, 0.4) is 0 Å². The second-order valence-electron chi connectivity index (χ2n) is 7.99. The number of hydrogen-bond donors (Lipinski definition) is 0. The number of carbonyl (C=O) groups excluding carboxylic acids is 1. The van der Waals surface area contributed by atoms with E-state index in [-0.39, 0.29) is 11.3 Å². The van der Waals surface area contributed by atoms with Gasteiger partial charge in [-0.25, -0.2) is 0 Å². The first-order valence-corrected chi connectivity index (χ1v) is 10.4. The minimum atomic E-state index is -0.257. The van der Waals surface area contributed by atoms with Crippen LogP contribution < -0.4 is 14.3 Å².